The van der Waals surface area contributed by atoms with E-state index in [2.05, 4.69) is 4.90 Å². The molecule has 3 heteroatoms. The van der Waals surface area contributed by atoms with Gasteiger partial charge in [0.1, 0.15) is 0 Å². The van der Waals surface area contributed by atoms with Crippen LogP contribution in [0.1, 0.15) is 17.9 Å². The fraction of sp³-hybridized carbons (Fsp3) is 0.417. The summed E-state index contributed by atoms with van der Waals surface area (Å²) in [5.41, 5.74) is 2.22. The van der Waals surface area contributed by atoms with E-state index in [0.717, 1.165) is 24.2 Å². The van der Waals surface area contributed by atoms with Crippen molar-refractivity contribution in [2.24, 2.45) is 0 Å². The molecule has 0 spiro atoms. The Morgan fingerprint density at radius 2 is 2.20 bits per heavy atom. The molecule has 3 nitrogen and oxygen atoms in total. The summed E-state index contributed by atoms with van der Waals surface area (Å²) in [5.74, 6) is -0.224. The molecule has 15 heavy (non-hydrogen) atoms. The van der Waals surface area contributed by atoms with Crippen LogP contribution in [0.3, 0.4) is 0 Å². The molecule has 1 aromatic rings. The maximum Gasteiger partial charge on any atom is 0.313 e. The van der Waals surface area contributed by atoms with E-state index in [1.807, 2.05) is 31.3 Å². The quantitative estimate of drug-likeness (QED) is 0.654. The average Bonchev–Trinajstić information content (AvgIpc) is 2.29. The number of anilines is 1. The molecule has 80 valence electrons. The summed E-state index contributed by atoms with van der Waals surface area (Å²) in [4.78, 5) is 13.8. The number of para-hydroxylation sites is 1. The van der Waals surface area contributed by atoms with Crippen molar-refractivity contribution in [2.75, 3.05) is 25.6 Å². The van der Waals surface area contributed by atoms with Crippen molar-refractivity contribution in [2.45, 2.75) is 12.3 Å². The van der Waals surface area contributed by atoms with E-state index >= 15 is 0 Å². The zero-order valence-corrected chi connectivity index (χ0v) is 9.06. The number of nitrogens with zero attached hydrogens (tertiary/aromatic N) is 1. The van der Waals surface area contributed by atoms with Crippen LogP contribution in [-0.4, -0.2) is 26.7 Å². The Bertz CT molecular complexity index is 376. The van der Waals surface area contributed by atoms with Crippen LogP contribution in [0, 0.1) is 0 Å². The normalized spacial score (nSPS) is 19.6. The number of benzene rings is 1. The highest BCUT2D eigenvalue weighted by atomic mass is 16.5. The number of carbonyl (C=O) groups is 1. The molecule has 2 rings (SSSR count). The summed E-state index contributed by atoms with van der Waals surface area (Å²) >= 11 is 0. The molecule has 1 heterocycles. The third-order valence-electron chi connectivity index (χ3n) is 2.96. The summed E-state index contributed by atoms with van der Waals surface area (Å²) in [5, 5.41) is 0. The summed E-state index contributed by atoms with van der Waals surface area (Å²) in [6, 6.07) is 8.01. The van der Waals surface area contributed by atoms with Gasteiger partial charge in [0.05, 0.1) is 13.0 Å². The highest BCUT2D eigenvalue weighted by Crippen LogP contribution is 2.34. The Morgan fingerprint density at radius 3 is 2.93 bits per heavy atom. The molecule has 1 aliphatic heterocycles. The second kappa shape index (κ2) is 3.93. The average molecular weight is 205 g/mol. The summed E-state index contributed by atoms with van der Waals surface area (Å²) in [6.07, 6.45) is 0.834. The molecule has 0 radical (unpaired) electrons. The van der Waals surface area contributed by atoms with Gasteiger partial charge in [0.2, 0.25) is 0 Å². The summed E-state index contributed by atoms with van der Waals surface area (Å²) in [7, 11) is 3.50. The number of methoxy groups -OCH3 is 1. The maximum atomic E-state index is 11.6. The molecule has 0 saturated heterocycles. The van der Waals surface area contributed by atoms with Gasteiger partial charge in [0.25, 0.3) is 0 Å². The first-order valence-corrected chi connectivity index (χ1v) is 5.12. The minimum absolute atomic E-state index is 0.0950. The van der Waals surface area contributed by atoms with Crippen LogP contribution < -0.4 is 4.90 Å². The van der Waals surface area contributed by atoms with Crippen molar-refractivity contribution < 1.29 is 9.53 Å². The number of hydrogen-bond acceptors (Lipinski definition) is 3. The monoisotopic (exact) mass is 205 g/mol. The highest BCUT2D eigenvalue weighted by molar-refractivity contribution is 5.81. The molecule has 0 fully saturated rings. The van der Waals surface area contributed by atoms with Gasteiger partial charge < -0.3 is 9.64 Å². The Labute approximate surface area is 89.7 Å². The molecule has 0 amide bonds. The SMILES string of the molecule is COC(=O)[C@@H]1CCN(C)c2ccccc21. The van der Waals surface area contributed by atoms with Gasteiger partial charge in [-0.2, -0.15) is 0 Å². The number of ether oxygens (including phenoxy) is 1. The first-order valence-electron chi connectivity index (χ1n) is 5.12. The predicted octanol–water partition coefficient (Wildman–Crippen LogP) is 1.78. The molecule has 0 saturated carbocycles. The van der Waals surface area contributed by atoms with Crippen molar-refractivity contribution in [3.05, 3.63) is 29.8 Å². The predicted molar refractivity (Wildman–Crippen MR) is 59.1 cm³/mol. The molecule has 0 aliphatic carbocycles. The van der Waals surface area contributed by atoms with Crippen LogP contribution in [0.2, 0.25) is 0 Å². The van der Waals surface area contributed by atoms with E-state index in [1.165, 1.54) is 7.11 Å². The number of fused-ring (bicyclic) bond motifs is 1. The van der Waals surface area contributed by atoms with E-state index in [4.69, 9.17) is 4.74 Å². The number of esters is 1. The van der Waals surface area contributed by atoms with E-state index in [1.54, 1.807) is 0 Å². The molecule has 0 N–H and O–H groups in total. The maximum absolute atomic E-state index is 11.6. The van der Waals surface area contributed by atoms with Crippen molar-refractivity contribution in [1.29, 1.82) is 0 Å². The van der Waals surface area contributed by atoms with Crippen LogP contribution in [0.4, 0.5) is 5.69 Å². The largest absolute Gasteiger partial charge is 0.469 e. The number of hydrogen-bond donors (Lipinski definition) is 0. The highest BCUT2D eigenvalue weighted by Gasteiger charge is 2.28. The molecular weight excluding hydrogens is 190 g/mol. The molecule has 0 bridgehead atoms. The molecule has 1 atom stereocenters. The van der Waals surface area contributed by atoms with Crippen LogP contribution in [-0.2, 0) is 9.53 Å². The lowest BCUT2D eigenvalue weighted by atomic mass is 9.90. The minimum Gasteiger partial charge on any atom is -0.469 e. The first kappa shape index (κ1) is 10.0. The van der Waals surface area contributed by atoms with Crippen LogP contribution in [0.5, 0.6) is 0 Å². The Kier molecular flexibility index (Phi) is 2.62. The molecule has 1 aromatic carbocycles. The summed E-state index contributed by atoms with van der Waals surface area (Å²) in [6.45, 7) is 0.900. The lowest BCUT2D eigenvalue weighted by molar-refractivity contribution is -0.142. The van der Waals surface area contributed by atoms with Gasteiger partial charge in [-0.05, 0) is 18.1 Å². The Hall–Kier alpha value is -1.51. The van der Waals surface area contributed by atoms with Crippen molar-refractivity contribution in [3.63, 3.8) is 0 Å². The zero-order chi connectivity index (χ0) is 10.8. The van der Waals surface area contributed by atoms with Crippen LogP contribution in [0.25, 0.3) is 0 Å². The third-order valence-corrected chi connectivity index (χ3v) is 2.96. The topological polar surface area (TPSA) is 29.5 Å². The van der Waals surface area contributed by atoms with Gasteiger partial charge >= 0.3 is 5.97 Å². The van der Waals surface area contributed by atoms with Crippen LogP contribution >= 0.6 is 0 Å². The van der Waals surface area contributed by atoms with E-state index in [9.17, 15) is 4.79 Å². The van der Waals surface area contributed by atoms with Gasteiger partial charge in [-0.3, -0.25) is 4.79 Å². The van der Waals surface area contributed by atoms with Gasteiger partial charge in [-0.1, -0.05) is 18.2 Å². The minimum atomic E-state index is -0.129. The second-order valence-corrected chi connectivity index (χ2v) is 3.84. The first-order chi connectivity index (χ1) is 7.24. The standard InChI is InChI=1S/C12H15NO2/c1-13-8-7-10(12(14)15-2)9-5-3-4-6-11(9)13/h3-6,10H,7-8H2,1-2H3/t10-/m1/s1. The van der Waals surface area contributed by atoms with Gasteiger partial charge in [0.15, 0.2) is 0 Å². The number of rotatable bonds is 1. The third kappa shape index (κ3) is 1.69. The van der Waals surface area contributed by atoms with Gasteiger partial charge in [0, 0.05) is 19.3 Å². The van der Waals surface area contributed by atoms with Crippen molar-refractivity contribution in [1.82, 2.24) is 0 Å². The van der Waals surface area contributed by atoms with Crippen molar-refractivity contribution >= 4 is 11.7 Å². The molecule has 1 aliphatic rings. The Balaban J connectivity index is 2.40. The van der Waals surface area contributed by atoms with Crippen LogP contribution in [0.15, 0.2) is 24.3 Å². The fourth-order valence-electron chi connectivity index (χ4n) is 2.12. The van der Waals surface area contributed by atoms with E-state index in [0.29, 0.717) is 0 Å². The Morgan fingerprint density at radius 1 is 1.47 bits per heavy atom. The van der Waals surface area contributed by atoms with E-state index in [-0.39, 0.29) is 11.9 Å². The van der Waals surface area contributed by atoms with E-state index < -0.39 is 0 Å². The van der Waals surface area contributed by atoms with Crippen molar-refractivity contribution in [3.8, 4) is 0 Å². The second-order valence-electron chi connectivity index (χ2n) is 3.84. The van der Waals surface area contributed by atoms with Gasteiger partial charge in [-0.15, -0.1) is 0 Å². The lowest BCUT2D eigenvalue weighted by Crippen LogP contribution is -2.30. The number of carbonyl (C=O) groups excluding carboxylic acids is 1. The lowest BCUT2D eigenvalue weighted by Gasteiger charge is -2.31. The zero-order valence-electron chi connectivity index (χ0n) is 9.06. The van der Waals surface area contributed by atoms with Gasteiger partial charge in [-0.25, -0.2) is 0 Å². The fourth-order valence-corrected chi connectivity index (χ4v) is 2.12. The summed E-state index contributed by atoms with van der Waals surface area (Å²) < 4.78 is 4.82. The molecule has 0 aromatic heterocycles. The molecular formula is C12H15NO2. The molecule has 0 unspecified atom stereocenters. The smallest absolute Gasteiger partial charge is 0.313 e.